The summed E-state index contributed by atoms with van der Waals surface area (Å²) in [5.41, 5.74) is -0.511. The predicted octanol–water partition coefficient (Wildman–Crippen LogP) is 2.33. The first-order valence-electron chi connectivity index (χ1n) is 9.15. The van der Waals surface area contributed by atoms with E-state index in [1.165, 1.54) is 14.2 Å². The van der Waals surface area contributed by atoms with Gasteiger partial charge in [0.05, 0.1) is 25.7 Å². The van der Waals surface area contributed by atoms with Gasteiger partial charge in [-0.3, -0.25) is 0 Å². The summed E-state index contributed by atoms with van der Waals surface area (Å²) in [6, 6.07) is 2.55. The van der Waals surface area contributed by atoms with E-state index in [9.17, 15) is 14.9 Å². The van der Waals surface area contributed by atoms with Crippen molar-refractivity contribution >= 4 is 11.9 Å². The predicted molar refractivity (Wildman–Crippen MR) is 89.5 cm³/mol. The smallest absolute Gasteiger partial charge is 0.338 e. The standard InChI is InChI=1S/C19H27NO6/c1-17(2)7-5-8-18(11-20)10-19(9-6-12(17)18)25-13(15(21)23-3)14(26-19)16(22)24-4/h12-14H,5-10H2,1-4H3/t12-,13-,14-,18+/m1/s1. The Morgan fingerprint density at radius 3 is 2.12 bits per heavy atom. The highest BCUT2D eigenvalue weighted by molar-refractivity contribution is 5.86. The lowest BCUT2D eigenvalue weighted by Gasteiger charge is -2.55. The average molecular weight is 365 g/mol. The molecule has 7 heteroatoms. The number of hydrogen-bond donors (Lipinski definition) is 0. The normalized spacial score (nSPS) is 37.4. The molecule has 3 fully saturated rings. The number of carbonyl (C=O) groups is 2. The SMILES string of the molecule is COC(=O)[C@@H]1OC2(CC[C@@H]3C(C)(C)CCC[C@@]3(C#N)C2)O[C@H]1C(=O)OC. The van der Waals surface area contributed by atoms with Gasteiger partial charge in [0, 0.05) is 12.8 Å². The van der Waals surface area contributed by atoms with Gasteiger partial charge in [-0.2, -0.15) is 5.26 Å². The molecule has 0 unspecified atom stereocenters. The van der Waals surface area contributed by atoms with E-state index in [0.29, 0.717) is 12.8 Å². The van der Waals surface area contributed by atoms with E-state index in [0.717, 1.165) is 25.7 Å². The third-order valence-electron chi connectivity index (χ3n) is 6.50. The van der Waals surface area contributed by atoms with Crippen molar-refractivity contribution < 1.29 is 28.5 Å². The van der Waals surface area contributed by atoms with E-state index < -0.39 is 35.3 Å². The van der Waals surface area contributed by atoms with Crippen LogP contribution in [0.5, 0.6) is 0 Å². The van der Waals surface area contributed by atoms with Crippen LogP contribution in [-0.4, -0.2) is 44.2 Å². The first-order valence-corrected chi connectivity index (χ1v) is 9.15. The number of hydrogen-bond acceptors (Lipinski definition) is 7. The Labute approximate surface area is 153 Å². The van der Waals surface area contributed by atoms with Gasteiger partial charge in [-0.25, -0.2) is 9.59 Å². The Kier molecular flexibility index (Phi) is 4.78. The summed E-state index contributed by atoms with van der Waals surface area (Å²) in [6.07, 6.45) is 2.13. The van der Waals surface area contributed by atoms with Gasteiger partial charge in [0.15, 0.2) is 18.0 Å². The summed E-state index contributed by atoms with van der Waals surface area (Å²) >= 11 is 0. The van der Waals surface area contributed by atoms with Crippen LogP contribution >= 0.6 is 0 Å². The number of nitriles is 1. The summed E-state index contributed by atoms with van der Waals surface area (Å²) in [4.78, 5) is 24.2. The van der Waals surface area contributed by atoms with Crippen molar-refractivity contribution in [3.63, 3.8) is 0 Å². The van der Waals surface area contributed by atoms with E-state index in [1.54, 1.807) is 0 Å². The Morgan fingerprint density at radius 2 is 1.62 bits per heavy atom. The number of ether oxygens (including phenoxy) is 4. The summed E-state index contributed by atoms with van der Waals surface area (Å²) in [5.74, 6) is -2.23. The minimum absolute atomic E-state index is 0.0672. The molecule has 0 N–H and O–H groups in total. The molecule has 0 aromatic heterocycles. The highest BCUT2D eigenvalue weighted by atomic mass is 16.8. The van der Waals surface area contributed by atoms with Crippen LogP contribution in [0, 0.1) is 28.1 Å². The van der Waals surface area contributed by atoms with Gasteiger partial charge in [-0.05, 0) is 30.6 Å². The second-order valence-electron chi connectivity index (χ2n) is 8.41. The van der Waals surface area contributed by atoms with E-state index in [-0.39, 0.29) is 11.3 Å². The van der Waals surface area contributed by atoms with Gasteiger partial charge >= 0.3 is 11.9 Å². The van der Waals surface area contributed by atoms with Crippen molar-refractivity contribution in [1.29, 1.82) is 5.26 Å². The Hall–Kier alpha value is -1.65. The van der Waals surface area contributed by atoms with Crippen molar-refractivity contribution in [3.05, 3.63) is 0 Å². The number of esters is 2. The first kappa shape index (κ1) is 19.1. The summed E-state index contributed by atoms with van der Waals surface area (Å²) < 4.78 is 21.5. The van der Waals surface area contributed by atoms with Gasteiger partial charge in [-0.1, -0.05) is 20.3 Å². The molecule has 7 nitrogen and oxygen atoms in total. The van der Waals surface area contributed by atoms with E-state index in [2.05, 4.69) is 19.9 Å². The largest absolute Gasteiger partial charge is 0.467 e. The molecule has 3 rings (SSSR count). The molecule has 2 saturated carbocycles. The molecule has 0 amide bonds. The molecule has 0 bridgehead atoms. The Balaban J connectivity index is 1.91. The van der Waals surface area contributed by atoms with Crippen molar-refractivity contribution in [2.45, 2.75) is 70.4 Å². The topological polar surface area (TPSA) is 94.9 Å². The van der Waals surface area contributed by atoms with Crippen LogP contribution in [0.4, 0.5) is 0 Å². The zero-order valence-electron chi connectivity index (χ0n) is 15.9. The highest BCUT2D eigenvalue weighted by Crippen LogP contribution is 2.61. The monoisotopic (exact) mass is 365 g/mol. The number of fused-ring (bicyclic) bond motifs is 1. The molecule has 3 aliphatic rings. The Bertz CT molecular complexity index is 614. The van der Waals surface area contributed by atoms with Crippen molar-refractivity contribution in [2.24, 2.45) is 16.7 Å². The lowest BCUT2D eigenvalue weighted by Crippen LogP contribution is -2.53. The van der Waals surface area contributed by atoms with Crippen LogP contribution < -0.4 is 0 Å². The molecule has 4 atom stereocenters. The number of methoxy groups -OCH3 is 2. The minimum atomic E-state index is -1.17. The van der Waals surface area contributed by atoms with Crippen molar-refractivity contribution in [3.8, 4) is 6.07 Å². The van der Waals surface area contributed by atoms with Crippen LogP contribution in [0.3, 0.4) is 0 Å². The fraction of sp³-hybridized carbons (Fsp3) is 0.842. The molecule has 1 heterocycles. The first-order chi connectivity index (χ1) is 12.2. The van der Waals surface area contributed by atoms with Crippen LogP contribution in [0.15, 0.2) is 0 Å². The summed E-state index contributed by atoms with van der Waals surface area (Å²) in [7, 11) is 2.48. The molecule has 2 aliphatic carbocycles. The highest BCUT2D eigenvalue weighted by Gasteiger charge is 2.63. The van der Waals surface area contributed by atoms with Gasteiger partial charge in [0.2, 0.25) is 0 Å². The summed E-state index contributed by atoms with van der Waals surface area (Å²) in [6.45, 7) is 4.43. The van der Waals surface area contributed by atoms with Crippen LogP contribution in [0.25, 0.3) is 0 Å². The molecule has 0 aromatic carbocycles. The molecule has 26 heavy (non-hydrogen) atoms. The second kappa shape index (κ2) is 6.50. The maximum Gasteiger partial charge on any atom is 0.338 e. The maximum absolute atomic E-state index is 12.1. The van der Waals surface area contributed by atoms with Crippen molar-refractivity contribution in [2.75, 3.05) is 14.2 Å². The summed E-state index contributed by atoms with van der Waals surface area (Å²) in [5, 5.41) is 10.1. The molecule has 1 aliphatic heterocycles. The average Bonchev–Trinajstić information content (AvgIpc) is 2.98. The molecule has 1 saturated heterocycles. The van der Waals surface area contributed by atoms with E-state index in [1.807, 2.05) is 0 Å². The molecular formula is C19H27NO6. The molecule has 0 radical (unpaired) electrons. The quantitative estimate of drug-likeness (QED) is 0.693. The fourth-order valence-electron chi connectivity index (χ4n) is 5.33. The number of nitrogens with zero attached hydrogens (tertiary/aromatic N) is 1. The lowest BCUT2D eigenvalue weighted by molar-refractivity contribution is -0.235. The Morgan fingerprint density at radius 1 is 1.04 bits per heavy atom. The van der Waals surface area contributed by atoms with Gasteiger partial charge < -0.3 is 18.9 Å². The molecular weight excluding hydrogens is 338 g/mol. The van der Waals surface area contributed by atoms with E-state index in [4.69, 9.17) is 18.9 Å². The fourth-order valence-corrected chi connectivity index (χ4v) is 5.33. The van der Waals surface area contributed by atoms with Crippen LogP contribution in [0.1, 0.15) is 52.4 Å². The number of rotatable bonds is 2. The van der Waals surface area contributed by atoms with Gasteiger partial charge in [0.25, 0.3) is 0 Å². The van der Waals surface area contributed by atoms with Gasteiger partial charge in [-0.15, -0.1) is 0 Å². The van der Waals surface area contributed by atoms with Gasteiger partial charge in [0.1, 0.15) is 0 Å². The maximum atomic E-state index is 12.1. The lowest BCUT2D eigenvalue weighted by atomic mass is 9.50. The minimum Gasteiger partial charge on any atom is -0.467 e. The van der Waals surface area contributed by atoms with Crippen LogP contribution in [0.2, 0.25) is 0 Å². The molecule has 1 spiro atoms. The van der Waals surface area contributed by atoms with Crippen molar-refractivity contribution in [1.82, 2.24) is 0 Å². The molecule has 0 aromatic rings. The zero-order valence-corrected chi connectivity index (χ0v) is 15.9. The molecule has 144 valence electrons. The second-order valence-corrected chi connectivity index (χ2v) is 8.41. The number of carbonyl (C=O) groups excluding carboxylic acids is 2. The van der Waals surface area contributed by atoms with Crippen LogP contribution in [-0.2, 0) is 28.5 Å². The van der Waals surface area contributed by atoms with E-state index >= 15 is 0 Å². The third-order valence-corrected chi connectivity index (χ3v) is 6.50. The zero-order chi connectivity index (χ0) is 19.2. The third kappa shape index (κ3) is 2.89.